The van der Waals surface area contributed by atoms with Crippen LogP contribution >= 0.6 is 15.9 Å². The minimum atomic E-state index is -0.0430. The fourth-order valence-electron chi connectivity index (χ4n) is 1.94. The number of benzene rings is 2. The summed E-state index contributed by atoms with van der Waals surface area (Å²) in [6, 6.07) is 13.6. The number of aliphatic hydroxyl groups excluding tert-OH is 1. The van der Waals surface area contributed by atoms with E-state index in [4.69, 9.17) is 4.74 Å². The van der Waals surface area contributed by atoms with Crippen molar-refractivity contribution >= 4 is 15.9 Å². The summed E-state index contributed by atoms with van der Waals surface area (Å²) < 4.78 is 6.90. The summed E-state index contributed by atoms with van der Waals surface area (Å²) >= 11 is 3.39. The molecule has 0 fully saturated rings. The molecule has 100 valence electrons. The van der Waals surface area contributed by atoms with Crippen LogP contribution in [0.5, 0.6) is 11.5 Å². The largest absolute Gasteiger partial charge is 0.457 e. The Bertz CT molecular complexity index is 564. The van der Waals surface area contributed by atoms with Gasteiger partial charge in [-0.3, -0.25) is 0 Å². The molecule has 0 saturated heterocycles. The Morgan fingerprint density at radius 2 is 1.84 bits per heavy atom. The summed E-state index contributed by atoms with van der Waals surface area (Å²) in [6.07, 6.45) is 0. The molecule has 0 bridgehead atoms. The highest BCUT2D eigenvalue weighted by Crippen LogP contribution is 2.33. The second-order valence-electron chi connectivity index (χ2n) is 4.70. The molecular weight excluding hydrogens is 304 g/mol. The summed E-state index contributed by atoms with van der Waals surface area (Å²) in [5.74, 6) is 1.93. The minimum Gasteiger partial charge on any atom is -0.457 e. The van der Waals surface area contributed by atoms with Crippen LogP contribution in [-0.2, 0) is 6.61 Å². The molecule has 2 aromatic rings. The van der Waals surface area contributed by atoms with E-state index >= 15 is 0 Å². The van der Waals surface area contributed by atoms with Gasteiger partial charge in [0.25, 0.3) is 0 Å². The molecule has 2 aromatic carbocycles. The van der Waals surface area contributed by atoms with Crippen molar-refractivity contribution in [2.75, 3.05) is 0 Å². The topological polar surface area (TPSA) is 29.5 Å². The first-order valence-electron chi connectivity index (χ1n) is 6.28. The van der Waals surface area contributed by atoms with E-state index in [2.05, 4.69) is 35.8 Å². The number of halogens is 1. The van der Waals surface area contributed by atoms with Crippen LogP contribution in [0.1, 0.15) is 30.9 Å². The van der Waals surface area contributed by atoms with Crippen LogP contribution in [0.15, 0.2) is 46.9 Å². The van der Waals surface area contributed by atoms with Crippen LogP contribution in [0.3, 0.4) is 0 Å². The Morgan fingerprint density at radius 3 is 2.53 bits per heavy atom. The van der Waals surface area contributed by atoms with E-state index in [9.17, 15) is 5.11 Å². The molecule has 2 rings (SSSR count). The third-order valence-corrected chi connectivity index (χ3v) is 3.45. The Hall–Kier alpha value is -1.32. The SMILES string of the molecule is CC(C)c1ccccc1Oc1ccc(Br)cc1CO. The molecule has 0 aliphatic carbocycles. The van der Waals surface area contributed by atoms with E-state index in [-0.39, 0.29) is 6.61 Å². The van der Waals surface area contributed by atoms with Crippen LogP contribution < -0.4 is 4.74 Å². The molecule has 0 atom stereocenters. The van der Waals surface area contributed by atoms with Crippen LogP contribution in [-0.4, -0.2) is 5.11 Å². The van der Waals surface area contributed by atoms with Crippen molar-refractivity contribution in [2.24, 2.45) is 0 Å². The lowest BCUT2D eigenvalue weighted by Gasteiger charge is -2.15. The highest BCUT2D eigenvalue weighted by Gasteiger charge is 2.10. The number of hydrogen-bond donors (Lipinski definition) is 1. The van der Waals surface area contributed by atoms with E-state index in [1.807, 2.05) is 36.4 Å². The Labute approximate surface area is 122 Å². The van der Waals surface area contributed by atoms with Gasteiger partial charge in [-0.05, 0) is 35.7 Å². The molecule has 0 amide bonds. The second kappa shape index (κ2) is 6.22. The minimum absolute atomic E-state index is 0.0430. The van der Waals surface area contributed by atoms with Gasteiger partial charge in [-0.2, -0.15) is 0 Å². The molecule has 0 aromatic heterocycles. The summed E-state index contributed by atoms with van der Waals surface area (Å²) in [7, 11) is 0. The zero-order chi connectivity index (χ0) is 13.8. The second-order valence-corrected chi connectivity index (χ2v) is 5.62. The third-order valence-electron chi connectivity index (χ3n) is 2.95. The standard InChI is InChI=1S/C16H17BrO2/c1-11(2)14-5-3-4-6-16(14)19-15-8-7-13(17)9-12(15)10-18/h3-9,11,18H,10H2,1-2H3. The molecule has 0 aliphatic rings. The maximum Gasteiger partial charge on any atom is 0.133 e. The van der Waals surface area contributed by atoms with Gasteiger partial charge in [0.2, 0.25) is 0 Å². The zero-order valence-electron chi connectivity index (χ0n) is 11.1. The number of para-hydroxylation sites is 1. The van der Waals surface area contributed by atoms with Crippen molar-refractivity contribution in [2.45, 2.75) is 26.4 Å². The first-order chi connectivity index (χ1) is 9.11. The summed E-state index contributed by atoms with van der Waals surface area (Å²) in [5.41, 5.74) is 1.93. The number of ether oxygens (including phenoxy) is 1. The first kappa shape index (κ1) is 14.1. The lowest BCUT2D eigenvalue weighted by molar-refractivity contribution is 0.276. The smallest absolute Gasteiger partial charge is 0.133 e. The highest BCUT2D eigenvalue weighted by molar-refractivity contribution is 9.10. The predicted octanol–water partition coefficient (Wildman–Crippen LogP) is 4.86. The van der Waals surface area contributed by atoms with E-state index in [1.54, 1.807) is 0 Å². The average Bonchev–Trinajstić information content (AvgIpc) is 2.41. The number of hydrogen-bond acceptors (Lipinski definition) is 2. The lowest BCUT2D eigenvalue weighted by Crippen LogP contribution is -1.96. The normalized spacial score (nSPS) is 10.8. The fourth-order valence-corrected chi connectivity index (χ4v) is 2.35. The molecule has 0 heterocycles. The van der Waals surface area contributed by atoms with Gasteiger partial charge >= 0.3 is 0 Å². The van der Waals surface area contributed by atoms with Crippen molar-refractivity contribution in [3.63, 3.8) is 0 Å². The van der Waals surface area contributed by atoms with Gasteiger partial charge in [-0.1, -0.05) is 48.0 Å². The maximum atomic E-state index is 9.40. The van der Waals surface area contributed by atoms with Crippen molar-refractivity contribution in [3.05, 3.63) is 58.1 Å². The molecule has 0 aliphatic heterocycles. The molecule has 0 radical (unpaired) electrons. The lowest BCUT2D eigenvalue weighted by atomic mass is 10.0. The van der Waals surface area contributed by atoms with Crippen LogP contribution in [0.25, 0.3) is 0 Å². The summed E-state index contributed by atoms with van der Waals surface area (Å²) in [5, 5.41) is 9.40. The van der Waals surface area contributed by atoms with Gasteiger partial charge < -0.3 is 9.84 Å². The number of aliphatic hydroxyl groups is 1. The van der Waals surface area contributed by atoms with Crippen molar-refractivity contribution in [3.8, 4) is 11.5 Å². The van der Waals surface area contributed by atoms with Gasteiger partial charge in [0.1, 0.15) is 11.5 Å². The fraction of sp³-hybridized carbons (Fsp3) is 0.250. The van der Waals surface area contributed by atoms with E-state index in [0.717, 1.165) is 21.3 Å². The van der Waals surface area contributed by atoms with Crippen molar-refractivity contribution in [1.29, 1.82) is 0 Å². The summed E-state index contributed by atoms with van der Waals surface area (Å²) in [6.45, 7) is 4.23. The van der Waals surface area contributed by atoms with Gasteiger partial charge in [-0.15, -0.1) is 0 Å². The third kappa shape index (κ3) is 3.37. The number of rotatable bonds is 4. The first-order valence-corrected chi connectivity index (χ1v) is 7.07. The monoisotopic (exact) mass is 320 g/mol. The Morgan fingerprint density at radius 1 is 1.11 bits per heavy atom. The highest BCUT2D eigenvalue weighted by atomic mass is 79.9. The molecule has 0 saturated carbocycles. The van der Waals surface area contributed by atoms with Gasteiger partial charge in [0.15, 0.2) is 0 Å². The zero-order valence-corrected chi connectivity index (χ0v) is 12.6. The van der Waals surface area contributed by atoms with E-state index in [0.29, 0.717) is 11.7 Å². The van der Waals surface area contributed by atoms with Crippen LogP contribution in [0.4, 0.5) is 0 Å². The quantitative estimate of drug-likeness (QED) is 0.871. The van der Waals surface area contributed by atoms with Crippen LogP contribution in [0, 0.1) is 0 Å². The molecule has 2 nitrogen and oxygen atoms in total. The Kier molecular flexibility index (Phi) is 4.61. The van der Waals surface area contributed by atoms with Crippen LogP contribution in [0.2, 0.25) is 0 Å². The molecular formula is C16H17BrO2. The summed E-state index contributed by atoms with van der Waals surface area (Å²) in [4.78, 5) is 0. The average molecular weight is 321 g/mol. The van der Waals surface area contributed by atoms with E-state index in [1.165, 1.54) is 0 Å². The van der Waals surface area contributed by atoms with Crippen molar-refractivity contribution in [1.82, 2.24) is 0 Å². The van der Waals surface area contributed by atoms with Crippen molar-refractivity contribution < 1.29 is 9.84 Å². The molecule has 1 N–H and O–H groups in total. The van der Waals surface area contributed by atoms with Gasteiger partial charge in [-0.25, -0.2) is 0 Å². The van der Waals surface area contributed by atoms with Gasteiger partial charge in [0.05, 0.1) is 6.61 Å². The maximum absolute atomic E-state index is 9.40. The molecule has 0 unspecified atom stereocenters. The van der Waals surface area contributed by atoms with Gasteiger partial charge in [0, 0.05) is 10.0 Å². The molecule has 19 heavy (non-hydrogen) atoms. The van der Waals surface area contributed by atoms with E-state index < -0.39 is 0 Å². The Balaban J connectivity index is 2.36. The molecule has 3 heteroatoms. The predicted molar refractivity (Wildman–Crippen MR) is 80.7 cm³/mol. The molecule has 0 spiro atoms.